The Hall–Kier alpha value is -1.71. The van der Waals surface area contributed by atoms with Gasteiger partial charge in [0, 0.05) is 12.1 Å². The van der Waals surface area contributed by atoms with Crippen molar-refractivity contribution in [2.75, 3.05) is 0 Å². The lowest BCUT2D eigenvalue weighted by atomic mass is 10.1. The molecular weight excluding hydrogens is 240 g/mol. The molecule has 4 heteroatoms. The van der Waals surface area contributed by atoms with E-state index in [9.17, 15) is 9.90 Å². The first kappa shape index (κ1) is 15.3. The van der Waals surface area contributed by atoms with Crippen LogP contribution in [0.25, 0.3) is 0 Å². The predicted octanol–water partition coefficient (Wildman–Crippen LogP) is 2.67. The van der Waals surface area contributed by atoms with Gasteiger partial charge in [-0.2, -0.15) is 0 Å². The van der Waals surface area contributed by atoms with Crippen LogP contribution in [0.5, 0.6) is 5.75 Å². The molecule has 3 N–H and O–H groups in total. The molecule has 0 aliphatic rings. The maximum atomic E-state index is 11.8. The molecular formula is C15H24N2O2. The van der Waals surface area contributed by atoms with Crippen molar-refractivity contribution in [3.8, 4) is 5.75 Å². The van der Waals surface area contributed by atoms with Gasteiger partial charge in [0.25, 0.3) is 0 Å². The van der Waals surface area contributed by atoms with E-state index in [1.807, 2.05) is 26.0 Å². The van der Waals surface area contributed by atoms with Gasteiger partial charge >= 0.3 is 6.03 Å². The summed E-state index contributed by atoms with van der Waals surface area (Å²) in [5, 5.41) is 15.0. The number of phenols is 1. The summed E-state index contributed by atoms with van der Waals surface area (Å²) in [5.41, 5.74) is 1.09. The minimum absolute atomic E-state index is 0.0453. The third-order valence-electron chi connectivity index (χ3n) is 3.21. The smallest absolute Gasteiger partial charge is 0.315 e. The van der Waals surface area contributed by atoms with Gasteiger partial charge in [0.2, 0.25) is 0 Å². The van der Waals surface area contributed by atoms with Gasteiger partial charge in [-0.05, 0) is 43.9 Å². The van der Waals surface area contributed by atoms with Gasteiger partial charge in [0.15, 0.2) is 0 Å². The molecule has 1 aromatic carbocycles. The van der Waals surface area contributed by atoms with Crippen molar-refractivity contribution < 1.29 is 9.90 Å². The number of urea groups is 1. The first-order valence-corrected chi connectivity index (χ1v) is 6.73. The minimum atomic E-state index is -0.132. The van der Waals surface area contributed by atoms with E-state index in [-0.39, 0.29) is 23.9 Å². The predicted molar refractivity (Wildman–Crippen MR) is 77.2 cm³/mol. The first-order chi connectivity index (χ1) is 8.88. The van der Waals surface area contributed by atoms with Crippen molar-refractivity contribution in [2.24, 2.45) is 5.92 Å². The molecule has 2 atom stereocenters. The van der Waals surface area contributed by atoms with Crippen LogP contribution in [0.4, 0.5) is 4.79 Å². The summed E-state index contributed by atoms with van der Waals surface area (Å²) in [6.07, 6.45) is 0.740. The maximum Gasteiger partial charge on any atom is 0.315 e. The Morgan fingerprint density at radius 1 is 1.11 bits per heavy atom. The molecule has 1 rings (SSSR count). The lowest BCUT2D eigenvalue weighted by Gasteiger charge is -2.20. The van der Waals surface area contributed by atoms with Crippen molar-refractivity contribution in [3.63, 3.8) is 0 Å². The fourth-order valence-corrected chi connectivity index (χ4v) is 1.68. The number of benzene rings is 1. The second-order valence-corrected chi connectivity index (χ2v) is 5.42. The van der Waals surface area contributed by atoms with Crippen LogP contribution in [-0.2, 0) is 6.42 Å². The summed E-state index contributed by atoms with van der Waals surface area (Å²) < 4.78 is 0. The number of aromatic hydroxyl groups is 1. The SMILES string of the molecule is CC(Cc1ccc(O)cc1)NC(=O)NC(C)C(C)C. The van der Waals surface area contributed by atoms with E-state index in [0.29, 0.717) is 5.92 Å². The Bertz CT molecular complexity index is 401. The molecule has 0 saturated heterocycles. The Morgan fingerprint density at radius 3 is 2.21 bits per heavy atom. The average Bonchev–Trinajstić information content (AvgIpc) is 2.31. The van der Waals surface area contributed by atoms with E-state index in [1.54, 1.807) is 12.1 Å². The summed E-state index contributed by atoms with van der Waals surface area (Å²) in [5.74, 6) is 0.672. The summed E-state index contributed by atoms with van der Waals surface area (Å²) in [4.78, 5) is 11.8. The van der Waals surface area contributed by atoms with Crippen LogP contribution in [0, 0.1) is 5.92 Å². The number of rotatable bonds is 5. The van der Waals surface area contributed by atoms with Gasteiger partial charge in [-0.15, -0.1) is 0 Å². The Balaban J connectivity index is 2.40. The van der Waals surface area contributed by atoms with Crippen LogP contribution in [-0.4, -0.2) is 23.2 Å². The monoisotopic (exact) mass is 264 g/mol. The van der Waals surface area contributed by atoms with E-state index < -0.39 is 0 Å². The van der Waals surface area contributed by atoms with E-state index in [4.69, 9.17) is 0 Å². The number of carbonyl (C=O) groups is 1. The largest absolute Gasteiger partial charge is 0.508 e. The van der Waals surface area contributed by atoms with Crippen LogP contribution in [0.1, 0.15) is 33.3 Å². The van der Waals surface area contributed by atoms with Gasteiger partial charge in [-0.3, -0.25) is 0 Å². The zero-order valence-corrected chi connectivity index (χ0v) is 12.1. The molecule has 0 heterocycles. The molecule has 0 aliphatic heterocycles. The van der Waals surface area contributed by atoms with E-state index in [2.05, 4.69) is 24.5 Å². The second-order valence-electron chi connectivity index (χ2n) is 5.42. The molecule has 0 aliphatic carbocycles. The summed E-state index contributed by atoms with van der Waals surface area (Å²) in [7, 11) is 0. The van der Waals surface area contributed by atoms with E-state index >= 15 is 0 Å². The third kappa shape index (κ3) is 5.64. The molecule has 0 saturated carbocycles. The quantitative estimate of drug-likeness (QED) is 0.765. The molecule has 0 bridgehead atoms. The minimum Gasteiger partial charge on any atom is -0.508 e. The van der Waals surface area contributed by atoms with E-state index in [0.717, 1.165) is 12.0 Å². The summed E-state index contributed by atoms with van der Waals surface area (Å²) in [6, 6.07) is 7.10. The van der Waals surface area contributed by atoms with Crippen molar-refractivity contribution >= 4 is 6.03 Å². The molecule has 0 spiro atoms. The molecule has 1 aromatic rings. The highest BCUT2D eigenvalue weighted by molar-refractivity contribution is 5.74. The third-order valence-corrected chi connectivity index (χ3v) is 3.21. The van der Waals surface area contributed by atoms with Crippen molar-refractivity contribution in [1.29, 1.82) is 0 Å². The summed E-state index contributed by atoms with van der Waals surface area (Å²) in [6.45, 7) is 8.11. The second kappa shape index (κ2) is 7.02. The number of hydrogen-bond donors (Lipinski definition) is 3. The highest BCUT2D eigenvalue weighted by atomic mass is 16.3. The first-order valence-electron chi connectivity index (χ1n) is 6.73. The zero-order chi connectivity index (χ0) is 14.4. The fraction of sp³-hybridized carbons (Fsp3) is 0.533. The van der Waals surface area contributed by atoms with Crippen LogP contribution in [0.3, 0.4) is 0 Å². The highest BCUT2D eigenvalue weighted by Crippen LogP contribution is 2.11. The number of amides is 2. The van der Waals surface area contributed by atoms with Crippen LogP contribution < -0.4 is 10.6 Å². The number of carbonyl (C=O) groups excluding carboxylic acids is 1. The van der Waals surface area contributed by atoms with Crippen LogP contribution in [0.15, 0.2) is 24.3 Å². The fourth-order valence-electron chi connectivity index (χ4n) is 1.68. The Morgan fingerprint density at radius 2 is 1.68 bits per heavy atom. The Kier molecular flexibility index (Phi) is 5.67. The number of phenolic OH excluding ortho intramolecular Hbond substituents is 1. The summed E-state index contributed by atoms with van der Waals surface area (Å²) >= 11 is 0. The van der Waals surface area contributed by atoms with Crippen LogP contribution >= 0.6 is 0 Å². The molecule has 0 aromatic heterocycles. The van der Waals surface area contributed by atoms with Gasteiger partial charge in [-0.1, -0.05) is 26.0 Å². The normalized spacial score (nSPS) is 13.9. The van der Waals surface area contributed by atoms with Crippen molar-refractivity contribution in [2.45, 2.75) is 46.2 Å². The van der Waals surface area contributed by atoms with E-state index in [1.165, 1.54) is 0 Å². The molecule has 0 radical (unpaired) electrons. The van der Waals surface area contributed by atoms with Gasteiger partial charge in [-0.25, -0.2) is 4.79 Å². The standard InChI is InChI=1S/C15H24N2O2/c1-10(2)12(4)17-15(19)16-11(3)9-13-5-7-14(18)8-6-13/h5-8,10-12,18H,9H2,1-4H3,(H2,16,17,19). The Labute approximate surface area is 115 Å². The number of nitrogens with one attached hydrogen (secondary N) is 2. The topological polar surface area (TPSA) is 61.4 Å². The molecule has 0 fully saturated rings. The zero-order valence-electron chi connectivity index (χ0n) is 12.1. The van der Waals surface area contributed by atoms with Gasteiger partial charge in [0.1, 0.15) is 5.75 Å². The van der Waals surface area contributed by atoms with Gasteiger partial charge in [0.05, 0.1) is 0 Å². The molecule has 2 unspecified atom stereocenters. The lowest BCUT2D eigenvalue weighted by molar-refractivity contribution is 0.231. The van der Waals surface area contributed by atoms with Crippen LogP contribution in [0.2, 0.25) is 0 Å². The average molecular weight is 264 g/mol. The van der Waals surface area contributed by atoms with Crippen molar-refractivity contribution in [3.05, 3.63) is 29.8 Å². The highest BCUT2D eigenvalue weighted by Gasteiger charge is 2.12. The molecule has 4 nitrogen and oxygen atoms in total. The molecule has 2 amide bonds. The number of hydrogen-bond acceptors (Lipinski definition) is 2. The molecule has 106 valence electrons. The molecule has 19 heavy (non-hydrogen) atoms. The maximum absolute atomic E-state index is 11.8. The lowest BCUT2D eigenvalue weighted by Crippen LogP contribution is -2.46. The van der Waals surface area contributed by atoms with Crippen molar-refractivity contribution in [1.82, 2.24) is 10.6 Å². The van der Waals surface area contributed by atoms with Gasteiger partial charge < -0.3 is 15.7 Å².